The molecule has 6 heteroatoms. The number of piperidine rings is 1. The van der Waals surface area contributed by atoms with Gasteiger partial charge in [0.2, 0.25) is 0 Å². The molecule has 1 aromatic rings. The predicted molar refractivity (Wildman–Crippen MR) is 109 cm³/mol. The quantitative estimate of drug-likeness (QED) is 0.513. The third kappa shape index (κ3) is 6.70. The molecule has 1 heterocycles. The lowest BCUT2D eigenvalue weighted by atomic mass is 10.1. The van der Waals surface area contributed by atoms with Crippen LogP contribution < -0.4 is 15.4 Å². The van der Waals surface area contributed by atoms with Crippen LogP contribution >= 0.6 is 0 Å². The van der Waals surface area contributed by atoms with E-state index in [1.165, 1.54) is 18.4 Å². The van der Waals surface area contributed by atoms with Crippen LogP contribution in [-0.2, 0) is 11.3 Å². The summed E-state index contributed by atoms with van der Waals surface area (Å²) >= 11 is 0. The van der Waals surface area contributed by atoms with Crippen molar-refractivity contribution in [3.05, 3.63) is 29.8 Å². The van der Waals surface area contributed by atoms with Crippen molar-refractivity contribution in [2.75, 3.05) is 47.0 Å². The van der Waals surface area contributed by atoms with E-state index in [1.807, 2.05) is 13.1 Å². The van der Waals surface area contributed by atoms with Crippen molar-refractivity contribution in [1.82, 2.24) is 15.5 Å². The van der Waals surface area contributed by atoms with E-state index in [2.05, 4.69) is 38.7 Å². The van der Waals surface area contributed by atoms with Crippen LogP contribution in [-0.4, -0.2) is 63.9 Å². The number of ether oxygens (including phenoxy) is 2. The number of nitrogens with one attached hydrogen (secondary N) is 2. The van der Waals surface area contributed by atoms with Crippen LogP contribution in [0.2, 0.25) is 0 Å². The summed E-state index contributed by atoms with van der Waals surface area (Å²) in [6.07, 6.45) is 4.87. The second-order valence-electron chi connectivity index (χ2n) is 7.54. The van der Waals surface area contributed by atoms with Crippen LogP contribution in [0.1, 0.15) is 31.2 Å². The van der Waals surface area contributed by atoms with Crippen molar-refractivity contribution in [2.45, 2.75) is 38.3 Å². The van der Waals surface area contributed by atoms with Crippen molar-refractivity contribution in [1.29, 1.82) is 0 Å². The Morgan fingerprint density at radius 3 is 2.67 bits per heavy atom. The summed E-state index contributed by atoms with van der Waals surface area (Å²) in [6.45, 7) is 5.60. The van der Waals surface area contributed by atoms with Gasteiger partial charge in [0.15, 0.2) is 5.96 Å². The highest BCUT2D eigenvalue weighted by atomic mass is 16.5. The van der Waals surface area contributed by atoms with Crippen molar-refractivity contribution in [2.24, 2.45) is 10.9 Å². The Morgan fingerprint density at radius 1 is 1.19 bits per heavy atom. The molecule has 150 valence electrons. The SMILES string of the molecule is CN=C(NCc1ccccc1OCC1CC1)NC1CCN(CCOC)CC1. The molecule has 0 radical (unpaired) electrons. The normalized spacial score (nSPS) is 19.1. The van der Waals surface area contributed by atoms with Crippen molar-refractivity contribution in [3.63, 3.8) is 0 Å². The van der Waals surface area contributed by atoms with Gasteiger partial charge in [0, 0.05) is 51.9 Å². The first-order valence-corrected chi connectivity index (χ1v) is 10.2. The molecule has 0 atom stereocenters. The number of rotatable bonds is 9. The van der Waals surface area contributed by atoms with E-state index in [0.29, 0.717) is 12.6 Å². The Morgan fingerprint density at radius 2 is 1.96 bits per heavy atom. The monoisotopic (exact) mass is 374 g/mol. The number of guanidine groups is 1. The largest absolute Gasteiger partial charge is 0.493 e. The van der Waals surface area contributed by atoms with Gasteiger partial charge in [-0.3, -0.25) is 4.99 Å². The van der Waals surface area contributed by atoms with E-state index in [-0.39, 0.29) is 0 Å². The van der Waals surface area contributed by atoms with Gasteiger partial charge in [0.05, 0.1) is 13.2 Å². The zero-order valence-electron chi connectivity index (χ0n) is 16.7. The molecule has 2 fully saturated rings. The number of methoxy groups -OCH3 is 1. The van der Waals surface area contributed by atoms with Gasteiger partial charge >= 0.3 is 0 Å². The van der Waals surface area contributed by atoms with Gasteiger partial charge in [-0.15, -0.1) is 0 Å². The number of hydrogen-bond acceptors (Lipinski definition) is 4. The minimum atomic E-state index is 0.469. The van der Waals surface area contributed by atoms with Gasteiger partial charge in [0.1, 0.15) is 5.75 Å². The Hall–Kier alpha value is -1.79. The number of para-hydroxylation sites is 1. The molecular weight excluding hydrogens is 340 g/mol. The van der Waals surface area contributed by atoms with E-state index in [0.717, 1.165) is 63.3 Å². The van der Waals surface area contributed by atoms with Crippen LogP contribution in [0.5, 0.6) is 5.75 Å². The van der Waals surface area contributed by atoms with E-state index in [4.69, 9.17) is 9.47 Å². The zero-order valence-corrected chi connectivity index (χ0v) is 16.7. The van der Waals surface area contributed by atoms with Gasteiger partial charge in [-0.1, -0.05) is 18.2 Å². The fourth-order valence-electron chi connectivity index (χ4n) is 3.37. The summed E-state index contributed by atoms with van der Waals surface area (Å²) in [7, 11) is 3.59. The zero-order chi connectivity index (χ0) is 18.9. The molecule has 27 heavy (non-hydrogen) atoms. The van der Waals surface area contributed by atoms with Crippen LogP contribution in [0.3, 0.4) is 0 Å². The molecule has 0 spiro atoms. The highest BCUT2D eigenvalue weighted by Gasteiger charge is 2.22. The maximum Gasteiger partial charge on any atom is 0.191 e. The average Bonchev–Trinajstić information content (AvgIpc) is 3.54. The smallest absolute Gasteiger partial charge is 0.191 e. The second kappa shape index (κ2) is 10.5. The minimum Gasteiger partial charge on any atom is -0.493 e. The van der Waals surface area contributed by atoms with E-state index >= 15 is 0 Å². The lowest BCUT2D eigenvalue weighted by Gasteiger charge is -2.32. The van der Waals surface area contributed by atoms with Gasteiger partial charge in [-0.05, 0) is 37.7 Å². The molecule has 1 saturated carbocycles. The lowest BCUT2D eigenvalue weighted by molar-refractivity contribution is 0.128. The van der Waals surface area contributed by atoms with Crippen LogP contribution in [0, 0.1) is 5.92 Å². The Bertz CT molecular complexity index is 596. The van der Waals surface area contributed by atoms with Crippen molar-refractivity contribution < 1.29 is 9.47 Å². The number of hydrogen-bond donors (Lipinski definition) is 2. The molecule has 0 bridgehead atoms. The third-order valence-electron chi connectivity index (χ3n) is 5.35. The van der Waals surface area contributed by atoms with Crippen LogP contribution in [0.15, 0.2) is 29.3 Å². The Balaban J connectivity index is 1.43. The second-order valence-corrected chi connectivity index (χ2v) is 7.54. The summed E-state index contributed by atoms with van der Waals surface area (Å²) in [5, 5.41) is 7.02. The van der Waals surface area contributed by atoms with Gasteiger partial charge in [-0.25, -0.2) is 0 Å². The summed E-state index contributed by atoms with van der Waals surface area (Å²) in [5.74, 6) is 2.61. The highest BCUT2D eigenvalue weighted by Crippen LogP contribution is 2.30. The Labute approximate surface area is 163 Å². The summed E-state index contributed by atoms with van der Waals surface area (Å²) in [4.78, 5) is 6.86. The highest BCUT2D eigenvalue weighted by molar-refractivity contribution is 5.80. The third-order valence-corrected chi connectivity index (χ3v) is 5.35. The molecule has 2 aliphatic rings. The van der Waals surface area contributed by atoms with E-state index in [1.54, 1.807) is 7.11 Å². The first kappa shape index (κ1) is 20.0. The maximum absolute atomic E-state index is 6.00. The van der Waals surface area contributed by atoms with E-state index in [9.17, 15) is 0 Å². The van der Waals surface area contributed by atoms with Gasteiger partial charge in [-0.2, -0.15) is 0 Å². The molecule has 6 nitrogen and oxygen atoms in total. The molecule has 0 unspecified atom stereocenters. The summed E-state index contributed by atoms with van der Waals surface area (Å²) in [5.41, 5.74) is 1.18. The fraction of sp³-hybridized carbons (Fsp3) is 0.667. The summed E-state index contributed by atoms with van der Waals surface area (Å²) in [6, 6.07) is 8.75. The average molecular weight is 375 g/mol. The Kier molecular flexibility index (Phi) is 7.78. The first-order chi connectivity index (χ1) is 13.3. The lowest BCUT2D eigenvalue weighted by Crippen LogP contribution is -2.48. The number of aliphatic imine (C=N–C) groups is 1. The minimum absolute atomic E-state index is 0.469. The number of benzene rings is 1. The predicted octanol–water partition coefficient (Wildman–Crippen LogP) is 2.25. The van der Waals surface area contributed by atoms with Gasteiger partial charge in [0.25, 0.3) is 0 Å². The molecule has 1 aliphatic carbocycles. The number of likely N-dealkylation sites (tertiary alicyclic amines) is 1. The molecule has 1 aromatic carbocycles. The standard InChI is InChI=1S/C21H34N4O2/c1-22-21(24-19-9-11-25(12-10-19)13-14-26-2)23-15-18-5-3-4-6-20(18)27-16-17-7-8-17/h3-6,17,19H,7-16H2,1-2H3,(H2,22,23,24). The topological polar surface area (TPSA) is 58.1 Å². The first-order valence-electron chi connectivity index (χ1n) is 10.2. The molecule has 2 N–H and O–H groups in total. The van der Waals surface area contributed by atoms with Crippen LogP contribution in [0.25, 0.3) is 0 Å². The maximum atomic E-state index is 6.00. The molecular formula is C21H34N4O2. The molecule has 3 rings (SSSR count). The summed E-state index contributed by atoms with van der Waals surface area (Å²) < 4.78 is 11.2. The van der Waals surface area contributed by atoms with Gasteiger partial charge < -0.3 is 25.0 Å². The van der Waals surface area contributed by atoms with E-state index < -0.39 is 0 Å². The van der Waals surface area contributed by atoms with Crippen molar-refractivity contribution in [3.8, 4) is 5.75 Å². The molecule has 1 saturated heterocycles. The fourth-order valence-corrected chi connectivity index (χ4v) is 3.37. The molecule has 0 amide bonds. The van der Waals surface area contributed by atoms with Crippen LogP contribution in [0.4, 0.5) is 0 Å². The molecule has 1 aliphatic heterocycles. The number of nitrogens with zero attached hydrogens (tertiary/aromatic N) is 2. The van der Waals surface area contributed by atoms with Crippen molar-refractivity contribution >= 4 is 5.96 Å². The molecule has 0 aromatic heterocycles.